The van der Waals surface area contributed by atoms with Crippen molar-refractivity contribution >= 4 is 5.69 Å². The lowest BCUT2D eigenvalue weighted by Crippen LogP contribution is -2.17. The summed E-state index contributed by atoms with van der Waals surface area (Å²) < 4.78 is 1.48. The Bertz CT molecular complexity index is 509. The number of rotatable bonds is 4. The Morgan fingerprint density at radius 2 is 2.12 bits per heavy atom. The van der Waals surface area contributed by atoms with Crippen LogP contribution in [0.1, 0.15) is 11.6 Å². The molecule has 6 heteroatoms. The van der Waals surface area contributed by atoms with Gasteiger partial charge in [-0.3, -0.25) is 14.8 Å². The minimum absolute atomic E-state index is 0.0229. The summed E-state index contributed by atoms with van der Waals surface area (Å²) in [6.07, 6.45) is 2.60. The zero-order valence-electron chi connectivity index (χ0n) is 9.06. The van der Waals surface area contributed by atoms with Gasteiger partial charge in [0.15, 0.2) is 0 Å². The van der Waals surface area contributed by atoms with Gasteiger partial charge in [0, 0.05) is 6.04 Å². The van der Waals surface area contributed by atoms with Gasteiger partial charge < -0.3 is 5.73 Å². The molecule has 2 aromatic rings. The summed E-state index contributed by atoms with van der Waals surface area (Å²) in [4.78, 5) is 10.0. The van der Waals surface area contributed by atoms with Gasteiger partial charge in [0.25, 0.3) is 0 Å². The van der Waals surface area contributed by atoms with Crippen LogP contribution in [-0.2, 0) is 6.54 Å². The summed E-state index contributed by atoms with van der Waals surface area (Å²) in [5.41, 5.74) is 6.94. The van der Waals surface area contributed by atoms with Crippen LogP contribution in [-0.4, -0.2) is 14.7 Å². The molecule has 2 rings (SSSR count). The van der Waals surface area contributed by atoms with Gasteiger partial charge >= 0.3 is 5.69 Å². The van der Waals surface area contributed by atoms with Gasteiger partial charge in [0.1, 0.15) is 12.4 Å². The zero-order chi connectivity index (χ0) is 12.3. The fourth-order valence-corrected chi connectivity index (χ4v) is 1.55. The molecule has 88 valence electrons. The molecule has 0 radical (unpaired) electrons. The second kappa shape index (κ2) is 4.75. The van der Waals surface area contributed by atoms with Crippen LogP contribution < -0.4 is 5.73 Å². The van der Waals surface area contributed by atoms with Crippen molar-refractivity contribution in [3.05, 3.63) is 58.4 Å². The highest BCUT2D eigenvalue weighted by atomic mass is 16.6. The Balaban J connectivity index is 2.08. The van der Waals surface area contributed by atoms with Crippen molar-refractivity contribution in [2.45, 2.75) is 12.6 Å². The molecule has 0 aliphatic heterocycles. The normalized spacial score (nSPS) is 12.3. The average molecular weight is 232 g/mol. The summed E-state index contributed by atoms with van der Waals surface area (Å²) in [5, 5.41) is 14.4. The first kappa shape index (κ1) is 11.3. The molecule has 0 aliphatic rings. The van der Waals surface area contributed by atoms with E-state index in [2.05, 4.69) is 5.10 Å². The quantitative estimate of drug-likeness (QED) is 0.639. The van der Waals surface area contributed by atoms with Crippen molar-refractivity contribution < 1.29 is 4.92 Å². The molecule has 0 saturated carbocycles. The summed E-state index contributed by atoms with van der Waals surface area (Å²) in [7, 11) is 0. The predicted molar refractivity (Wildman–Crippen MR) is 62.3 cm³/mol. The number of nitro groups is 1. The second-order valence-electron chi connectivity index (χ2n) is 3.69. The Hall–Kier alpha value is -2.21. The number of nitrogens with zero attached hydrogens (tertiary/aromatic N) is 3. The molecule has 0 saturated heterocycles. The Morgan fingerprint density at radius 3 is 2.71 bits per heavy atom. The molecule has 1 aromatic heterocycles. The molecule has 0 fully saturated rings. The molecule has 0 bridgehead atoms. The topological polar surface area (TPSA) is 87.0 Å². The molecule has 2 N–H and O–H groups in total. The predicted octanol–water partition coefficient (Wildman–Crippen LogP) is 1.49. The third-order valence-electron chi connectivity index (χ3n) is 2.44. The molecular weight excluding hydrogens is 220 g/mol. The second-order valence-corrected chi connectivity index (χ2v) is 3.69. The monoisotopic (exact) mass is 232 g/mol. The van der Waals surface area contributed by atoms with Gasteiger partial charge in [-0.05, 0) is 5.56 Å². The molecule has 1 heterocycles. The fraction of sp³-hybridized carbons (Fsp3) is 0.182. The molecule has 17 heavy (non-hydrogen) atoms. The van der Waals surface area contributed by atoms with E-state index in [9.17, 15) is 10.1 Å². The highest BCUT2D eigenvalue weighted by molar-refractivity contribution is 5.22. The number of benzene rings is 1. The lowest BCUT2D eigenvalue weighted by Gasteiger charge is -2.11. The molecule has 1 atom stereocenters. The van der Waals surface area contributed by atoms with Crippen LogP contribution in [0, 0.1) is 10.1 Å². The maximum absolute atomic E-state index is 10.5. The number of nitrogens with two attached hydrogens (primary N) is 1. The Labute approximate surface area is 97.8 Å². The summed E-state index contributed by atoms with van der Waals surface area (Å²) in [6.45, 7) is 0.415. The SMILES string of the molecule is NC(Cn1cc([N+](=O)[O-])cn1)c1ccccc1. The van der Waals surface area contributed by atoms with Crippen LogP contribution in [0.15, 0.2) is 42.7 Å². The van der Waals surface area contributed by atoms with Crippen LogP contribution in [0.5, 0.6) is 0 Å². The van der Waals surface area contributed by atoms with E-state index in [1.807, 2.05) is 30.3 Å². The van der Waals surface area contributed by atoms with Crippen molar-refractivity contribution in [2.24, 2.45) is 5.73 Å². The van der Waals surface area contributed by atoms with Crippen LogP contribution in [0.4, 0.5) is 5.69 Å². The highest BCUT2D eigenvalue weighted by Crippen LogP contribution is 2.14. The largest absolute Gasteiger partial charge is 0.322 e. The van der Waals surface area contributed by atoms with Gasteiger partial charge in [-0.25, -0.2) is 0 Å². The molecule has 6 nitrogen and oxygen atoms in total. The minimum atomic E-state index is -0.475. The third kappa shape index (κ3) is 2.67. The lowest BCUT2D eigenvalue weighted by molar-refractivity contribution is -0.385. The van der Waals surface area contributed by atoms with Crippen LogP contribution in [0.3, 0.4) is 0 Å². The van der Waals surface area contributed by atoms with Gasteiger partial charge in [0.05, 0.1) is 11.5 Å². The summed E-state index contributed by atoms with van der Waals surface area (Å²) in [6, 6.07) is 9.33. The van der Waals surface area contributed by atoms with Gasteiger partial charge in [-0.2, -0.15) is 5.10 Å². The first-order valence-corrected chi connectivity index (χ1v) is 5.14. The number of hydrogen-bond donors (Lipinski definition) is 1. The standard InChI is InChI=1S/C11H12N4O2/c12-11(9-4-2-1-3-5-9)8-14-7-10(6-13-14)15(16)17/h1-7,11H,8,12H2. The van der Waals surface area contributed by atoms with E-state index < -0.39 is 4.92 Å². The minimum Gasteiger partial charge on any atom is -0.322 e. The number of aromatic nitrogens is 2. The molecule has 0 spiro atoms. The highest BCUT2D eigenvalue weighted by Gasteiger charge is 2.11. The summed E-state index contributed by atoms with van der Waals surface area (Å²) >= 11 is 0. The molecule has 1 aromatic carbocycles. The fourth-order valence-electron chi connectivity index (χ4n) is 1.55. The van der Waals surface area contributed by atoms with Crippen molar-refractivity contribution in [1.82, 2.24) is 9.78 Å². The van der Waals surface area contributed by atoms with E-state index in [-0.39, 0.29) is 11.7 Å². The Kier molecular flexibility index (Phi) is 3.15. The Morgan fingerprint density at radius 1 is 1.41 bits per heavy atom. The maximum Gasteiger partial charge on any atom is 0.306 e. The maximum atomic E-state index is 10.5. The van der Waals surface area contributed by atoms with E-state index >= 15 is 0 Å². The summed E-state index contributed by atoms with van der Waals surface area (Å²) in [5.74, 6) is 0. The van der Waals surface area contributed by atoms with Gasteiger partial charge in [-0.15, -0.1) is 0 Å². The van der Waals surface area contributed by atoms with Crippen LogP contribution >= 0.6 is 0 Å². The van der Waals surface area contributed by atoms with Crippen molar-refractivity contribution in [3.8, 4) is 0 Å². The van der Waals surface area contributed by atoms with Crippen molar-refractivity contribution in [3.63, 3.8) is 0 Å². The molecule has 1 unspecified atom stereocenters. The van der Waals surface area contributed by atoms with E-state index in [0.29, 0.717) is 6.54 Å². The number of hydrogen-bond acceptors (Lipinski definition) is 4. The van der Waals surface area contributed by atoms with Crippen LogP contribution in [0.2, 0.25) is 0 Å². The van der Waals surface area contributed by atoms with Crippen LogP contribution in [0.25, 0.3) is 0 Å². The zero-order valence-corrected chi connectivity index (χ0v) is 9.06. The first-order valence-electron chi connectivity index (χ1n) is 5.14. The third-order valence-corrected chi connectivity index (χ3v) is 2.44. The average Bonchev–Trinajstić information content (AvgIpc) is 2.79. The molecular formula is C11H12N4O2. The van der Waals surface area contributed by atoms with Crippen molar-refractivity contribution in [2.75, 3.05) is 0 Å². The van der Waals surface area contributed by atoms with E-state index in [4.69, 9.17) is 5.73 Å². The molecule has 0 amide bonds. The first-order chi connectivity index (χ1) is 8.16. The van der Waals surface area contributed by atoms with E-state index in [0.717, 1.165) is 5.56 Å². The van der Waals surface area contributed by atoms with Gasteiger partial charge in [0.2, 0.25) is 0 Å². The van der Waals surface area contributed by atoms with E-state index in [1.165, 1.54) is 17.1 Å². The lowest BCUT2D eigenvalue weighted by atomic mass is 10.1. The smallest absolute Gasteiger partial charge is 0.306 e. The van der Waals surface area contributed by atoms with Crippen molar-refractivity contribution in [1.29, 1.82) is 0 Å². The van der Waals surface area contributed by atoms with E-state index in [1.54, 1.807) is 0 Å². The van der Waals surface area contributed by atoms with Gasteiger partial charge in [-0.1, -0.05) is 30.3 Å². The molecule has 0 aliphatic carbocycles.